The second-order valence-corrected chi connectivity index (χ2v) is 3.19. The summed E-state index contributed by atoms with van der Waals surface area (Å²) >= 11 is 0. The molecule has 0 atom stereocenters. The average Bonchev–Trinajstić information content (AvgIpc) is 2.48. The Kier molecular flexibility index (Phi) is 3.60. The Balaban J connectivity index is 2.41. The smallest absolute Gasteiger partial charge is 0.105 e. The monoisotopic (exact) mass is 177 g/mol. The third kappa shape index (κ3) is 2.96. The molecule has 0 saturated carbocycles. The van der Waals surface area contributed by atoms with Gasteiger partial charge in [0, 0.05) is 25.1 Å². The molecule has 0 radical (unpaired) electrons. The third-order valence-corrected chi connectivity index (χ3v) is 2.04. The number of rotatable bonds is 4. The molecular weight excluding hydrogens is 162 g/mol. The summed E-state index contributed by atoms with van der Waals surface area (Å²) in [7, 11) is 2.06. The van der Waals surface area contributed by atoms with Gasteiger partial charge in [-0.2, -0.15) is 0 Å². The van der Waals surface area contributed by atoms with E-state index in [-0.39, 0.29) is 0 Å². The van der Waals surface area contributed by atoms with E-state index in [1.807, 2.05) is 13.0 Å². The highest BCUT2D eigenvalue weighted by atomic mass is 16.3. The van der Waals surface area contributed by atoms with E-state index in [0.717, 1.165) is 25.3 Å². The molecule has 0 unspecified atom stereocenters. The lowest BCUT2D eigenvalue weighted by molar-refractivity contribution is 0.332. The van der Waals surface area contributed by atoms with E-state index in [4.69, 9.17) is 10.8 Å². The van der Waals surface area contributed by atoms with Crippen molar-refractivity contribution in [3.63, 3.8) is 0 Å². The van der Waals surface area contributed by atoms with Gasteiger partial charge >= 0.3 is 0 Å². The van der Waals surface area contributed by atoms with Gasteiger partial charge in [0.15, 0.2) is 0 Å². The van der Waals surface area contributed by atoms with Crippen molar-refractivity contribution < 1.29 is 4.42 Å². The molecule has 0 aliphatic heterocycles. The van der Waals surface area contributed by atoms with E-state index >= 15 is 0 Å². The first-order valence-electron chi connectivity index (χ1n) is 4.39. The largest absolute Gasteiger partial charge is 0.469 e. The first kappa shape index (κ1) is 9.88. The summed E-state index contributed by atoms with van der Waals surface area (Å²) in [5, 5.41) is 0. The van der Waals surface area contributed by atoms with Gasteiger partial charge in [-0.05, 0) is 20.0 Å². The van der Waals surface area contributed by atoms with E-state index in [9.17, 15) is 0 Å². The van der Waals surface area contributed by atoms with Crippen LogP contribution in [0.2, 0.25) is 0 Å². The maximum Gasteiger partial charge on any atom is 0.105 e. The molecule has 0 bridgehead atoms. The number of hydrogen-bond donors (Lipinski definition) is 0. The predicted molar refractivity (Wildman–Crippen MR) is 53.2 cm³/mol. The van der Waals surface area contributed by atoms with E-state index in [0.29, 0.717) is 0 Å². The lowest BCUT2D eigenvalue weighted by atomic mass is 10.2. The zero-order valence-corrected chi connectivity index (χ0v) is 8.21. The quantitative estimate of drug-likeness (QED) is 0.654. The van der Waals surface area contributed by atoms with Crippen molar-refractivity contribution in [2.45, 2.75) is 19.9 Å². The zero-order valence-electron chi connectivity index (χ0n) is 8.21. The molecule has 0 N–H and O–H groups in total. The van der Waals surface area contributed by atoms with Crippen molar-refractivity contribution in [1.29, 1.82) is 0 Å². The second kappa shape index (κ2) is 4.74. The van der Waals surface area contributed by atoms with E-state index in [2.05, 4.69) is 17.9 Å². The van der Waals surface area contributed by atoms with Crippen LogP contribution in [-0.4, -0.2) is 18.5 Å². The summed E-state index contributed by atoms with van der Waals surface area (Å²) < 4.78 is 5.20. The molecule has 1 aromatic rings. The maximum absolute atomic E-state index is 5.20. The molecule has 1 heterocycles. The minimum atomic E-state index is 0.799. The van der Waals surface area contributed by atoms with Crippen LogP contribution >= 0.6 is 0 Å². The number of nitrogens with zero attached hydrogens (tertiary/aromatic N) is 1. The first-order chi connectivity index (χ1) is 6.24. The van der Waals surface area contributed by atoms with Gasteiger partial charge in [-0.25, -0.2) is 0 Å². The summed E-state index contributed by atoms with van der Waals surface area (Å²) in [5.74, 6) is 3.62. The van der Waals surface area contributed by atoms with Crippen LogP contribution in [0, 0.1) is 19.3 Å². The fourth-order valence-corrected chi connectivity index (χ4v) is 1.20. The normalized spacial score (nSPS) is 10.3. The summed E-state index contributed by atoms with van der Waals surface area (Å²) in [6, 6.07) is 2.00. The van der Waals surface area contributed by atoms with Crippen LogP contribution < -0.4 is 0 Å². The summed E-state index contributed by atoms with van der Waals surface area (Å²) in [5.41, 5.74) is 1.24. The SMILES string of the molecule is C#CCCN(C)Cc1ccoc1C. The number of terminal acetylenes is 1. The number of aryl methyl sites for hydroxylation is 1. The molecule has 13 heavy (non-hydrogen) atoms. The van der Waals surface area contributed by atoms with Gasteiger partial charge in [-0.1, -0.05) is 0 Å². The predicted octanol–water partition coefficient (Wildman–Crippen LogP) is 2.04. The third-order valence-electron chi connectivity index (χ3n) is 2.04. The van der Waals surface area contributed by atoms with Crippen LogP contribution in [0.5, 0.6) is 0 Å². The number of furan rings is 1. The molecule has 0 saturated heterocycles. The lowest BCUT2D eigenvalue weighted by Crippen LogP contribution is -2.18. The molecule has 0 aromatic carbocycles. The van der Waals surface area contributed by atoms with Crippen LogP contribution in [0.15, 0.2) is 16.7 Å². The van der Waals surface area contributed by atoms with Crippen LogP contribution in [0.4, 0.5) is 0 Å². The van der Waals surface area contributed by atoms with Crippen LogP contribution in [0.25, 0.3) is 0 Å². The Morgan fingerprint density at radius 3 is 2.92 bits per heavy atom. The Bertz CT molecular complexity index is 295. The van der Waals surface area contributed by atoms with E-state index < -0.39 is 0 Å². The summed E-state index contributed by atoms with van der Waals surface area (Å²) in [6.45, 7) is 3.81. The molecule has 70 valence electrons. The molecule has 2 heteroatoms. The van der Waals surface area contributed by atoms with Gasteiger partial charge in [0.2, 0.25) is 0 Å². The van der Waals surface area contributed by atoms with Crippen molar-refractivity contribution in [3.05, 3.63) is 23.7 Å². The standard InChI is InChI=1S/C11H15NO/c1-4-5-7-12(3)9-11-6-8-13-10(11)2/h1,6,8H,5,7,9H2,2-3H3. The van der Waals surface area contributed by atoms with Gasteiger partial charge < -0.3 is 9.32 Å². The molecule has 0 fully saturated rings. The Labute approximate surface area is 79.5 Å². The highest BCUT2D eigenvalue weighted by Crippen LogP contribution is 2.10. The number of hydrogen-bond acceptors (Lipinski definition) is 2. The van der Waals surface area contributed by atoms with Gasteiger partial charge in [0.05, 0.1) is 6.26 Å². The topological polar surface area (TPSA) is 16.4 Å². The first-order valence-corrected chi connectivity index (χ1v) is 4.39. The second-order valence-electron chi connectivity index (χ2n) is 3.19. The van der Waals surface area contributed by atoms with Crippen LogP contribution in [-0.2, 0) is 6.54 Å². The molecule has 1 aromatic heterocycles. The minimum absolute atomic E-state index is 0.799. The molecule has 0 aliphatic carbocycles. The molecule has 0 aliphatic rings. The molecule has 0 spiro atoms. The maximum atomic E-state index is 5.20. The van der Waals surface area contributed by atoms with Crippen LogP contribution in [0.3, 0.4) is 0 Å². The highest BCUT2D eigenvalue weighted by molar-refractivity contribution is 5.14. The highest BCUT2D eigenvalue weighted by Gasteiger charge is 2.03. The molecule has 2 nitrogen and oxygen atoms in total. The molecule has 0 amide bonds. The molecule has 1 rings (SSSR count). The fraction of sp³-hybridized carbons (Fsp3) is 0.455. The van der Waals surface area contributed by atoms with Gasteiger partial charge in [-0.15, -0.1) is 12.3 Å². The van der Waals surface area contributed by atoms with Crippen molar-refractivity contribution in [2.75, 3.05) is 13.6 Å². The Hall–Kier alpha value is -1.20. The fourth-order valence-electron chi connectivity index (χ4n) is 1.20. The molecular formula is C11H15NO. The Morgan fingerprint density at radius 1 is 1.62 bits per heavy atom. The van der Waals surface area contributed by atoms with Gasteiger partial charge in [-0.3, -0.25) is 0 Å². The van der Waals surface area contributed by atoms with Gasteiger partial charge in [0.1, 0.15) is 5.76 Å². The van der Waals surface area contributed by atoms with Crippen molar-refractivity contribution in [2.24, 2.45) is 0 Å². The Morgan fingerprint density at radius 2 is 2.38 bits per heavy atom. The van der Waals surface area contributed by atoms with Crippen molar-refractivity contribution in [3.8, 4) is 12.3 Å². The average molecular weight is 177 g/mol. The zero-order chi connectivity index (χ0) is 9.68. The summed E-state index contributed by atoms with van der Waals surface area (Å²) in [6.07, 6.45) is 7.71. The van der Waals surface area contributed by atoms with E-state index in [1.54, 1.807) is 6.26 Å². The van der Waals surface area contributed by atoms with Crippen molar-refractivity contribution in [1.82, 2.24) is 4.90 Å². The van der Waals surface area contributed by atoms with Crippen molar-refractivity contribution >= 4 is 0 Å². The minimum Gasteiger partial charge on any atom is -0.469 e. The van der Waals surface area contributed by atoms with Crippen LogP contribution in [0.1, 0.15) is 17.7 Å². The summed E-state index contributed by atoms with van der Waals surface area (Å²) in [4.78, 5) is 2.19. The van der Waals surface area contributed by atoms with Gasteiger partial charge in [0.25, 0.3) is 0 Å². The van der Waals surface area contributed by atoms with E-state index in [1.165, 1.54) is 5.56 Å². The lowest BCUT2D eigenvalue weighted by Gasteiger charge is -2.13.